The van der Waals surface area contributed by atoms with Crippen LogP contribution in [0.2, 0.25) is 0 Å². The highest BCUT2D eigenvalue weighted by molar-refractivity contribution is 5.50. The quantitative estimate of drug-likeness (QED) is 0.902. The van der Waals surface area contributed by atoms with E-state index in [0.29, 0.717) is 6.04 Å². The molecule has 1 saturated heterocycles. The molecule has 3 heterocycles. The van der Waals surface area contributed by atoms with Crippen LogP contribution in [0.1, 0.15) is 20.3 Å². The minimum Gasteiger partial charge on any atom is -0.367 e. The van der Waals surface area contributed by atoms with E-state index < -0.39 is 0 Å². The predicted molar refractivity (Wildman–Crippen MR) is 91.9 cm³/mol. The molecule has 7 heteroatoms. The number of hydrogen-bond donors (Lipinski definition) is 1. The third-order valence-corrected chi connectivity index (χ3v) is 4.10. The van der Waals surface area contributed by atoms with Gasteiger partial charge in [0, 0.05) is 50.7 Å². The van der Waals surface area contributed by atoms with Gasteiger partial charge < -0.3 is 15.1 Å². The van der Waals surface area contributed by atoms with Crippen molar-refractivity contribution < 1.29 is 0 Å². The van der Waals surface area contributed by atoms with Crippen LogP contribution in [-0.2, 0) is 0 Å². The van der Waals surface area contributed by atoms with Crippen LogP contribution in [-0.4, -0.2) is 52.2 Å². The maximum absolute atomic E-state index is 4.42. The Morgan fingerprint density at radius 1 is 1.04 bits per heavy atom. The smallest absolute Gasteiger partial charge is 0.225 e. The van der Waals surface area contributed by atoms with Gasteiger partial charge >= 0.3 is 0 Å². The molecule has 1 N–H and O–H groups in total. The lowest BCUT2D eigenvalue weighted by atomic mass is 10.2. The van der Waals surface area contributed by atoms with Crippen molar-refractivity contribution >= 4 is 17.6 Å². The number of nitrogens with one attached hydrogen (secondary N) is 1. The first-order chi connectivity index (χ1) is 11.3. The Kier molecular flexibility index (Phi) is 4.85. The molecule has 1 unspecified atom stereocenters. The Hall–Kier alpha value is -2.44. The van der Waals surface area contributed by atoms with Crippen molar-refractivity contribution in [3.8, 4) is 0 Å². The summed E-state index contributed by atoms with van der Waals surface area (Å²) in [7, 11) is 0. The monoisotopic (exact) mass is 313 g/mol. The zero-order valence-corrected chi connectivity index (χ0v) is 13.7. The Bertz CT molecular complexity index is 611. The molecule has 0 radical (unpaired) electrons. The van der Waals surface area contributed by atoms with Crippen LogP contribution in [0, 0.1) is 0 Å². The number of anilines is 3. The van der Waals surface area contributed by atoms with Gasteiger partial charge in [-0.3, -0.25) is 0 Å². The van der Waals surface area contributed by atoms with Crippen molar-refractivity contribution in [2.24, 2.45) is 0 Å². The number of hydrogen-bond acceptors (Lipinski definition) is 7. The molecule has 3 rings (SSSR count). The largest absolute Gasteiger partial charge is 0.367 e. The van der Waals surface area contributed by atoms with Gasteiger partial charge in [0.15, 0.2) is 0 Å². The lowest BCUT2D eigenvalue weighted by molar-refractivity contribution is 0.634. The molecule has 2 aromatic heterocycles. The molecule has 7 nitrogen and oxygen atoms in total. The normalized spacial score (nSPS) is 16.3. The average molecular weight is 313 g/mol. The van der Waals surface area contributed by atoms with Crippen molar-refractivity contribution in [3.63, 3.8) is 0 Å². The first kappa shape index (κ1) is 15.5. The van der Waals surface area contributed by atoms with Crippen molar-refractivity contribution in [1.29, 1.82) is 0 Å². The fourth-order valence-corrected chi connectivity index (χ4v) is 2.54. The summed E-state index contributed by atoms with van der Waals surface area (Å²) in [5.41, 5.74) is 0. The maximum atomic E-state index is 4.42. The van der Waals surface area contributed by atoms with Gasteiger partial charge in [-0.25, -0.2) is 19.9 Å². The second kappa shape index (κ2) is 7.21. The van der Waals surface area contributed by atoms with Crippen molar-refractivity contribution in [3.05, 3.63) is 30.9 Å². The van der Waals surface area contributed by atoms with Crippen LogP contribution in [0.15, 0.2) is 30.9 Å². The predicted octanol–water partition coefficient (Wildman–Crippen LogP) is 1.80. The van der Waals surface area contributed by atoms with Crippen LogP contribution in [0.4, 0.5) is 17.6 Å². The highest BCUT2D eigenvalue weighted by atomic mass is 15.3. The van der Waals surface area contributed by atoms with Gasteiger partial charge in [-0.1, -0.05) is 6.92 Å². The Labute approximate surface area is 136 Å². The lowest BCUT2D eigenvalue weighted by Crippen LogP contribution is -2.47. The number of nitrogens with zero attached hydrogens (tertiary/aromatic N) is 6. The summed E-state index contributed by atoms with van der Waals surface area (Å²) in [6.45, 7) is 7.89. The summed E-state index contributed by atoms with van der Waals surface area (Å²) in [4.78, 5) is 21.8. The third-order valence-electron chi connectivity index (χ3n) is 4.10. The van der Waals surface area contributed by atoms with E-state index in [1.807, 2.05) is 12.1 Å². The molecule has 1 fully saturated rings. The van der Waals surface area contributed by atoms with Crippen LogP contribution in [0.5, 0.6) is 0 Å². The number of piperazine rings is 1. The van der Waals surface area contributed by atoms with Crippen molar-refractivity contribution in [2.45, 2.75) is 26.3 Å². The van der Waals surface area contributed by atoms with E-state index in [1.54, 1.807) is 18.7 Å². The average Bonchev–Trinajstić information content (AvgIpc) is 2.63. The van der Waals surface area contributed by atoms with Crippen LogP contribution in [0.3, 0.4) is 0 Å². The molecule has 0 amide bonds. The van der Waals surface area contributed by atoms with Crippen molar-refractivity contribution in [2.75, 3.05) is 41.3 Å². The molecule has 0 spiro atoms. The minimum atomic E-state index is 0.407. The first-order valence-electron chi connectivity index (χ1n) is 8.11. The van der Waals surface area contributed by atoms with Crippen LogP contribution < -0.4 is 15.1 Å². The summed E-state index contributed by atoms with van der Waals surface area (Å²) in [5.74, 6) is 2.66. The second-order valence-electron chi connectivity index (χ2n) is 5.74. The third kappa shape index (κ3) is 3.85. The summed E-state index contributed by atoms with van der Waals surface area (Å²) < 4.78 is 0. The van der Waals surface area contributed by atoms with E-state index in [1.165, 1.54) is 0 Å². The molecule has 0 aliphatic carbocycles. The van der Waals surface area contributed by atoms with E-state index in [4.69, 9.17) is 0 Å². The van der Waals surface area contributed by atoms with Gasteiger partial charge in [0.05, 0.1) is 0 Å². The van der Waals surface area contributed by atoms with Gasteiger partial charge in [0.1, 0.15) is 18.0 Å². The highest BCUT2D eigenvalue weighted by Gasteiger charge is 2.20. The minimum absolute atomic E-state index is 0.407. The molecule has 0 aromatic carbocycles. The zero-order chi connectivity index (χ0) is 16.1. The van der Waals surface area contributed by atoms with Crippen molar-refractivity contribution in [1.82, 2.24) is 19.9 Å². The summed E-state index contributed by atoms with van der Waals surface area (Å²) >= 11 is 0. The zero-order valence-electron chi connectivity index (χ0n) is 13.7. The molecule has 0 saturated carbocycles. The van der Waals surface area contributed by atoms with E-state index in [2.05, 4.69) is 48.9 Å². The second-order valence-corrected chi connectivity index (χ2v) is 5.74. The van der Waals surface area contributed by atoms with E-state index >= 15 is 0 Å². The summed E-state index contributed by atoms with van der Waals surface area (Å²) in [6.07, 6.45) is 6.26. The molecular weight excluding hydrogens is 290 g/mol. The topological polar surface area (TPSA) is 70.1 Å². The Balaban J connectivity index is 1.62. The van der Waals surface area contributed by atoms with Gasteiger partial charge in [-0.15, -0.1) is 0 Å². The molecule has 23 heavy (non-hydrogen) atoms. The Morgan fingerprint density at radius 3 is 2.43 bits per heavy atom. The van der Waals surface area contributed by atoms with Gasteiger partial charge in [0.2, 0.25) is 5.95 Å². The van der Waals surface area contributed by atoms with Gasteiger partial charge in [-0.2, -0.15) is 0 Å². The first-order valence-corrected chi connectivity index (χ1v) is 8.11. The number of rotatable bonds is 5. The molecular formula is C16H23N7. The molecule has 1 aliphatic rings. The fraction of sp³-hybridized carbons (Fsp3) is 0.500. The van der Waals surface area contributed by atoms with E-state index in [-0.39, 0.29) is 0 Å². The van der Waals surface area contributed by atoms with E-state index in [9.17, 15) is 0 Å². The SMILES string of the molecule is CCC(C)Nc1cc(N2CCN(c3ncccn3)CC2)ncn1. The lowest BCUT2D eigenvalue weighted by Gasteiger charge is -2.35. The molecule has 1 aliphatic heterocycles. The summed E-state index contributed by atoms with van der Waals surface area (Å²) in [6, 6.07) is 4.28. The van der Waals surface area contributed by atoms with Crippen LogP contribution >= 0.6 is 0 Å². The standard InChI is InChI=1S/C16H23N7/c1-3-13(2)21-14-11-15(20-12-19-14)22-7-9-23(10-8-22)16-17-5-4-6-18-16/h4-6,11-13H,3,7-10H2,1-2H3,(H,19,20,21). The molecule has 2 aromatic rings. The van der Waals surface area contributed by atoms with Crippen LogP contribution in [0.25, 0.3) is 0 Å². The number of aromatic nitrogens is 4. The molecule has 1 atom stereocenters. The summed E-state index contributed by atoms with van der Waals surface area (Å²) in [5, 5.41) is 3.40. The molecule has 122 valence electrons. The van der Waals surface area contributed by atoms with Gasteiger partial charge in [-0.05, 0) is 19.4 Å². The Morgan fingerprint density at radius 2 is 1.74 bits per heavy atom. The highest BCUT2D eigenvalue weighted by Crippen LogP contribution is 2.18. The fourth-order valence-electron chi connectivity index (χ4n) is 2.54. The van der Waals surface area contributed by atoms with E-state index in [0.717, 1.165) is 50.2 Å². The van der Waals surface area contributed by atoms with Gasteiger partial charge in [0.25, 0.3) is 0 Å². The maximum Gasteiger partial charge on any atom is 0.225 e. The molecule has 0 bridgehead atoms.